The van der Waals surface area contributed by atoms with Crippen LogP contribution in [0.4, 0.5) is 0 Å². The average Bonchev–Trinajstić information content (AvgIpc) is 3.10. The highest BCUT2D eigenvalue weighted by Gasteiger charge is 2.33. The summed E-state index contributed by atoms with van der Waals surface area (Å²) in [4.78, 5) is 21.5. The summed E-state index contributed by atoms with van der Waals surface area (Å²) in [5, 5.41) is 4.11. The molecule has 6 heteroatoms. The molecule has 1 aliphatic heterocycles. The van der Waals surface area contributed by atoms with E-state index in [4.69, 9.17) is 4.52 Å². The van der Waals surface area contributed by atoms with Crippen LogP contribution in [0.3, 0.4) is 0 Å². The van der Waals surface area contributed by atoms with E-state index < -0.39 is 0 Å². The van der Waals surface area contributed by atoms with Crippen molar-refractivity contribution in [3.05, 3.63) is 11.7 Å². The van der Waals surface area contributed by atoms with Crippen LogP contribution < -0.4 is 0 Å². The Morgan fingerprint density at radius 2 is 1.83 bits per heavy atom. The molecule has 0 N–H and O–H groups in total. The Kier molecular flexibility index (Phi) is 4.09. The molecule has 1 saturated heterocycles. The van der Waals surface area contributed by atoms with Crippen molar-refractivity contribution >= 4 is 5.91 Å². The Morgan fingerprint density at radius 3 is 2.48 bits per heavy atom. The zero-order valence-corrected chi connectivity index (χ0v) is 13.9. The molecule has 0 radical (unpaired) electrons. The van der Waals surface area contributed by atoms with Crippen LogP contribution >= 0.6 is 0 Å². The fourth-order valence-corrected chi connectivity index (χ4v) is 3.84. The predicted molar refractivity (Wildman–Crippen MR) is 84.8 cm³/mol. The van der Waals surface area contributed by atoms with Crippen LogP contribution in [0.25, 0.3) is 0 Å². The first-order valence-corrected chi connectivity index (χ1v) is 9.08. The lowest BCUT2D eigenvalue weighted by molar-refractivity contribution is -0.137. The molecule has 1 aromatic heterocycles. The molecule has 0 aromatic carbocycles. The summed E-state index contributed by atoms with van der Waals surface area (Å²) in [5.41, 5.74) is 0. The van der Waals surface area contributed by atoms with Crippen LogP contribution in [0.1, 0.15) is 69.1 Å². The Bertz CT molecular complexity index is 555. The molecule has 1 atom stereocenters. The van der Waals surface area contributed by atoms with Gasteiger partial charge >= 0.3 is 0 Å². The Morgan fingerprint density at radius 1 is 1.13 bits per heavy atom. The second-order valence-electron chi connectivity index (χ2n) is 7.28. The standard InChI is InChI=1S/C17H26N4O2/c1-12(16-18-15(19-23-16)13-6-7-13)20-8-10-21(11-9-20)17(22)14-4-2-3-5-14/h12-14H,2-11H2,1H3. The summed E-state index contributed by atoms with van der Waals surface area (Å²) >= 11 is 0. The first kappa shape index (κ1) is 15.1. The van der Waals surface area contributed by atoms with E-state index in [0.717, 1.165) is 50.7 Å². The van der Waals surface area contributed by atoms with Crippen LogP contribution in [-0.2, 0) is 4.79 Å². The van der Waals surface area contributed by atoms with Crippen molar-refractivity contribution in [1.29, 1.82) is 0 Å². The number of carbonyl (C=O) groups excluding carboxylic acids is 1. The maximum Gasteiger partial charge on any atom is 0.243 e. The number of hydrogen-bond acceptors (Lipinski definition) is 5. The summed E-state index contributed by atoms with van der Waals surface area (Å²) in [7, 11) is 0. The molecule has 0 spiro atoms. The monoisotopic (exact) mass is 318 g/mol. The molecular weight excluding hydrogens is 292 g/mol. The van der Waals surface area contributed by atoms with E-state index in [9.17, 15) is 4.79 Å². The summed E-state index contributed by atoms with van der Waals surface area (Å²) in [6.45, 7) is 5.55. The third-order valence-corrected chi connectivity index (χ3v) is 5.64. The van der Waals surface area contributed by atoms with Gasteiger partial charge in [0.15, 0.2) is 5.82 Å². The average molecular weight is 318 g/mol. The fourth-order valence-electron chi connectivity index (χ4n) is 3.84. The van der Waals surface area contributed by atoms with Crippen molar-refractivity contribution in [2.45, 2.75) is 57.4 Å². The minimum absolute atomic E-state index is 0.138. The van der Waals surface area contributed by atoms with Crippen molar-refractivity contribution in [3.8, 4) is 0 Å². The minimum atomic E-state index is 0.138. The second-order valence-corrected chi connectivity index (χ2v) is 7.28. The van der Waals surface area contributed by atoms with Crippen LogP contribution in [0.15, 0.2) is 4.52 Å². The third kappa shape index (κ3) is 3.13. The summed E-state index contributed by atoms with van der Waals surface area (Å²) < 4.78 is 5.45. The Balaban J connectivity index is 1.32. The first-order chi connectivity index (χ1) is 11.2. The zero-order chi connectivity index (χ0) is 15.8. The highest BCUT2D eigenvalue weighted by atomic mass is 16.5. The SMILES string of the molecule is CC(c1nc(C2CC2)no1)N1CCN(C(=O)C2CCCC2)CC1. The van der Waals surface area contributed by atoms with Gasteiger partial charge in [0.05, 0.1) is 6.04 Å². The molecule has 3 aliphatic rings. The molecule has 3 fully saturated rings. The van der Waals surface area contributed by atoms with Crippen LogP contribution in [0.2, 0.25) is 0 Å². The quantitative estimate of drug-likeness (QED) is 0.852. The molecule has 1 amide bonds. The van der Waals surface area contributed by atoms with Gasteiger partial charge in [-0.1, -0.05) is 18.0 Å². The summed E-state index contributed by atoms with van der Waals surface area (Å²) in [5.74, 6) is 2.80. The zero-order valence-electron chi connectivity index (χ0n) is 13.9. The van der Waals surface area contributed by atoms with Crippen molar-refractivity contribution in [2.24, 2.45) is 5.92 Å². The summed E-state index contributed by atoms with van der Waals surface area (Å²) in [6.07, 6.45) is 6.98. The van der Waals surface area contributed by atoms with E-state index in [0.29, 0.717) is 11.8 Å². The smallest absolute Gasteiger partial charge is 0.243 e. The van der Waals surface area contributed by atoms with Gasteiger partial charge in [-0.3, -0.25) is 9.69 Å². The van der Waals surface area contributed by atoms with E-state index in [1.807, 2.05) is 0 Å². The number of aromatic nitrogens is 2. The van der Waals surface area contributed by atoms with Gasteiger partial charge < -0.3 is 9.42 Å². The van der Waals surface area contributed by atoms with Crippen LogP contribution in [0, 0.1) is 5.92 Å². The van der Waals surface area contributed by atoms with E-state index in [1.54, 1.807) is 0 Å². The van der Waals surface area contributed by atoms with Crippen molar-refractivity contribution in [2.75, 3.05) is 26.2 Å². The van der Waals surface area contributed by atoms with Crippen molar-refractivity contribution in [3.63, 3.8) is 0 Å². The van der Waals surface area contributed by atoms with Gasteiger partial charge in [0.1, 0.15) is 0 Å². The molecule has 2 saturated carbocycles. The molecule has 1 unspecified atom stereocenters. The Hall–Kier alpha value is -1.43. The molecule has 4 rings (SSSR count). The van der Waals surface area contributed by atoms with Crippen molar-refractivity contribution in [1.82, 2.24) is 19.9 Å². The van der Waals surface area contributed by atoms with Gasteiger partial charge in [0.25, 0.3) is 0 Å². The van der Waals surface area contributed by atoms with Gasteiger partial charge in [-0.25, -0.2) is 0 Å². The van der Waals surface area contributed by atoms with Gasteiger partial charge in [-0.2, -0.15) is 4.98 Å². The lowest BCUT2D eigenvalue weighted by Crippen LogP contribution is -2.50. The first-order valence-electron chi connectivity index (χ1n) is 9.08. The maximum atomic E-state index is 12.5. The molecule has 2 heterocycles. The predicted octanol–water partition coefficient (Wildman–Crippen LogP) is 2.34. The number of piperazine rings is 1. The van der Waals surface area contributed by atoms with Gasteiger partial charge in [-0.05, 0) is 32.6 Å². The maximum absolute atomic E-state index is 12.5. The Labute approximate surface area is 137 Å². The molecule has 1 aromatic rings. The lowest BCUT2D eigenvalue weighted by Gasteiger charge is -2.37. The van der Waals surface area contributed by atoms with Gasteiger partial charge in [-0.15, -0.1) is 0 Å². The number of carbonyl (C=O) groups is 1. The lowest BCUT2D eigenvalue weighted by atomic mass is 10.1. The molecular formula is C17H26N4O2. The molecule has 126 valence electrons. The van der Waals surface area contributed by atoms with Gasteiger partial charge in [0.2, 0.25) is 11.8 Å². The summed E-state index contributed by atoms with van der Waals surface area (Å²) in [6, 6.07) is 0.138. The highest BCUT2D eigenvalue weighted by Crippen LogP contribution is 2.38. The number of nitrogens with zero attached hydrogens (tertiary/aromatic N) is 4. The number of hydrogen-bond donors (Lipinski definition) is 0. The minimum Gasteiger partial charge on any atom is -0.340 e. The van der Waals surface area contributed by atoms with E-state index >= 15 is 0 Å². The van der Waals surface area contributed by atoms with E-state index in [-0.39, 0.29) is 12.0 Å². The van der Waals surface area contributed by atoms with Crippen LogP contribution in [0.5, 0.6) is 0 Å². The van der Waals surface area contributed by atoms with E-state index in [2.05, 4.69) is 26.9 Å². The second kappa shape index (κ2) is 6.23. The molecule has 6 nitrogen and oxygen atoms in total. The van der Waals surface area contributed by atoms with Crippen LogP contribution in [-0.4, -0.2) is 52.0 Å². The van der Waals surface area contributed by atoms with Gasteiger partial charge in [0, 0.05) is 38.0 Å². The number of rotatable bonds is 4. The molecule has 2 aliphatic carbocycles. The fraction of sp³-hybridized carbons (Fsp3) is 0.824. The van der Waals surface area contributed by atoms with E-state index in [1.165, 1.54) is 25.7 Å². The molecule has 23 heavy (non-hydrogen) atoms. The highest BCUT2D eigenvalue weighted by molar-refractivity contribution is 5.79. The normalized spacial score (nSPS) is 25.0. The topological polar surface area (TPSA) is 62.5 Å². The van der Waals surface area contributed by atoms with Crippen molar-refractivity contribution < 1.29 is 9.32 Å². The molecule has 0 bridgehead atoms. The third-order valence-electron chi connectivity index (χ3n) is 5.64. The largest absolute Gasteiger partial charge is 0.340 e. The number of amides is 1.